The van der Waals surface area contributed by atoms with E-state index in [9.17, 15) is 0 Å². The zero-order valence-electron chi connectivity index (χ0n) is 11.6. The molecule has 0 aliphatic heterocycles. The van der Waals surface area contributed by atoms with Crippen molar-refractivity contribution in [2.45, 2.75) is 10.8 Å². The van der Waals surface area contributed by atoms with Gasteiger partial charge in [-0.2, -0.15) is 5.26 Å². The SMILES string of the molecule is COc1ccc(C#N)cc1CSc1cc2ccccc2[nH]1. The first-order valence-electron chi connectivity index (χ1n) is 6.58. The number of aromatic nitrogens is 1. The lowest BCUT2D eigenvalue weighted by molar-refractivity contribution is 0.411. The number of benzene rings is 2. The number of nitriles is 1. The summed E-state index contributed by atoms with van der Waals surface area (Å²) in [5, 5.41) is 11.3. The molecule has 21 heavy (non-hydrogen) atoms. The standard InChI is InChI=1S/C17H14N2OS/c1-20-16-7-6-12(10-18)8-14(16)11-21-17-9-13-4-2-3-5-15(13)19-17/h2-9,19H,11H2,1H3. The third-order valence-electron chi connectivity index (χ3n) is 3.30. The molecule has 0 aliphatic carbocycles. The second-order valence-corrected chi connectivity index (χ2v) is 5.67. The van der Waals surface area contributed by atoms with E-state index in [4.69, 9.17) is 10.00 Å². The summed E-state index contributed by atoms with van der Waals surface area (Å²) in [5.41, 5.74) is 2.82. The van der Waals surface area contributed by atoms with E-state index >= 15 is 0 Å². The molecule has 3 rings (SSSR count). The van der Waals surface area contributed by atoms with Crippen LogP contribution in [0.1, 0.15) is 11.1 Å². The molecule has 1 heterocycles. The first-order valence-corrected chi connectivity index (χ1v) is 7.56. The Morgan fingerprint density at radius 2 is 2.05 bits per heavy atom. The summed E-state index contributed by atoms with van der Waals surface area (Å²) >= 11 is 1.70. The summed E-state index contributed by atoms with van der Waals surface area (Å²) in [6, 6.07) is 18.0. The minimum absolute atomic E-state index is 0.656. The van der Waals surface area contributed by atoms with Crippen molar-refractivity contribution in [2.24, 2.45) is 0 Å². The van der Waals surface area contributed by atoms with Crippen LogP contribution in [-0.4, -0.2) is 12.1 Å². The molecule has 0 bridgehead atoms. The van der Waals surface area contributed by atoms with Gasteiger partial charge in [0.25, 0.3) is 0 Å². The largest absolute Gasteiger partial charge is 0.496 e. The third kappa shape index (κ3) is 2.88. The van der Waals surface area contributed by atoms with Gasteiger partial charge in [0.2, 0.25) is 0 Å². The number of aromatic amines is 1. The van der Waals surface area contributed by atoms with Crippen molar-refractivity contribution >= 4 is 22.7 Å². The monoisotopic (exact) mass is 294 g/mol. The average Bonchev–Trinajstić information content (AvgIpc) is 2.95. The van der Waals surface area contributed by atoms with Gasteiger partial charge in [-0.3, -0.25) is 0 Å². The summed E-state index contributed by atoms with van der Waals surface area (Å²) in [4.78, 5) is 3.39. The smallest absolute Gasteiger partial charge is 0.122 e. The van der Waals surface area contributed by atoms with Crippen LogP contribution < -0.4 is 4.74 Å². The minimum atomic E-state index is 0.656. The van der Waals surface area contributed by atoms with E-state index in [2.05, 4.69) is 29.3 Å². The Kier molecular flexibility index (Phi) is 3.85. The van der Waals surface area contributed by atoms with Crippen LogP contribution in [0.3, 0.4) is 0 Å². The van der Waals surface area contributed by atoms with Crippen molar-refractivity contribution in [3.05, 3.63) is 59.7 Å². The van der Waals surface area contributed by atoms with Crippen LogP contribution in [0.5, 0.6) is 5.75 Å². The molecule has 3 aromatic rings. The molecule has 0 aliphatic rings. The highest BCUT2D eigenvalue weighted by Gasteiger charge is 2.07. The molecule has 3 nitrogen and oxygen atoms in total. The maximum absolute atomic E-state index is 9.00. The van der Waals surface area contributed by atoms with Crippen LogP contribution >= 0.6 is 11.8 Å². The lowest BCUT2D eigenvalue weighted by Crippen LogP contribution is -1.91. The molecule has 0 saturated heterocycles. The zero-order valence-corrected chi connectivity index (χ0v) is 12.4. The molecule has 0 radical (unpaired) electrons. The Morgan fingerprint density at radius 3 is 2.81 bits per heavy atom. The van der Waals surface area contributed by atoms with Crippen LogP contribution in [0.15, 0.2) is 53.6 Å². The van der Waals surface area contributed by atoms with E-state index in [1.165, 1.54) is 5.39 Å². The second kappa shape index (κ2) is 5.94. The van der Waals surface area contributed by atoms with Crippen molar-refractivity contribution < 1.29 is 4.74 Å². The van der Waals surface area contributed by atoms with Gasteiger partial charge in [0.05, 0.1) is 23.8 Å². The van der Waals surface area contributed by atoms with E-state index in [0.717, 1.165) is 27.6 Å². The summed E-state index contributed by atoms with van der Waals surface area (Å²) in [5.74, 6) is 1.57. The number of thioether (sulfide) groups is 1. The van der Waals surface area contributed by atoms with Gasteiger partial charge in [0.1, 0.15) is 5.75 Å². The molecule has 0 spiro atoms. The number of nitrogens with zero attached hydrogens (tertiary/aromatic N) is 1. The summed E-state index contributed by atoms with van der Waals surface area (Å²) in [6.07, 6.45) is 0. The Bertz CT molecular complexity index is 784. The highest BCUT2D eigenvalue weighted by Crippen LogP contribution is 2.30. The number of hydrogen-bond acceptors (Lipinski definition) is 3. The molecule has 4 heteroatoms. The van der Waals surface area contributed by atoms with E-state index in [1.54, 1.807) is 24.9 Å². The maximum Gasteiger partial charge on any atom is 0.122 e. The molecule has 1 N–H and O–H groups in total. The van der Waals surface area contributed by atoms with E-state index in [-0.39, 0.29) is 0 Å². The number of ether oxygens (including phenoxy) is 1. The molecule has 1 aromatic heterocycles. The minimum Gasteiger partial charge on any atom is -0.496 e. The average molecular weight is 294 g/mol. The maximum atomic E-state index is 9.00. The molecule has 104 valence electrons. The van der Waals surface area contributed by atoms with Gasteiger partial charge in [0.15, 0.2) is 0 Å². The van der Waals surface area contributed by atoms with Crippen LogP contribution in [0.25, 0.3) is 10.9 Å². The third-order valence-corrected chi connectivity index (χ3v) is 4.28. The Hall–Kier alpha value is -2.38. The predicted molar refractivity (Wildman–Crippen MR) is 85.6 cm³/mol. The summed E-state index contributed by atoms with van der Waals surface area (Å²) in [7, 11) is 1.65. The lowest BCUT2D eigenvalue weighted by Gasteiger charge is -2.07. The Balaban J connectivity index is 1.82. The molecule has 0 saturated carbocycles. The fraction of sp³-hybridized carbons (Fsp3) is 0.118. The highest BCUT2D eigenvalue weighted by molar-refractivity contribution is 7.98. The number of H-pyrrole nitrogens is 1. The van der Waals surface area contributed by atoms with Gasteiger partial charge in [-0.25, -0.2) is 0 Å². The number of nitrogens with one attached hydrogen (secondary N) is 1. The molecule has 0 atom stereocenters. The van der Waals surface area contributed by atoms with Gasteiger partial charge in [-0.05, 0) is 30.3 Å². The predicted octanol–water partition coefficient (Wildman–Crippen LogP) is 4.34. The van der Waals surface area contributed by atoms with Gasteiger partial charge in [-0.15, -0.1) is 11.8 Å². The number of fused-ring (bicyclic) bond motifs is 1. The topological polar surface area (TPSA) is 48.8 Å². The first kappa shape index (κ1) is 13.6. The van der Waals surface area contributed by atoms with Crippen LogP contribution in [0.4, 0.5) is 0 Å². The normalized spacial score (nSPS) is 10.5. The van der Waals surface area contributed by atoms with E-state index in [1.807, 2.05) is 24.3 Å². The molecule has 0 amide bonds. The molecular formula is C17H14N2OS. The van der Waals surface area contributed by atoms with Gasteiger partial charge >= 0.3 is 0 Å². The van der Waals surface area contributed by atoms with Gasteiger partial charge < -0.3 is 9.72 Å². The number of hydrogen-bond donors (Lipinski definition) is 1. The van der Waals surface area contributed by atoms with E-state index < -0.39 is 0 Å². The van der Waals surface area contributed by atoms with Crippen LogP contribution in [0.2, 0.25) is 0 Å². The second-order valence-electron chi connectivity index (χ2n) is 4.65. The van der Waals surface area contributed by atoms with Crippen molar-refractivity contribution in [2.75, 3.05) is 7.11 Å². The summed E-state index contributed by atoms with van der Waals surface area (Å²) in [6.45, 7) is 0. The van der Waals surface area contributed by atoms with Crippen LogP contribution in [-0.2, 0) is 5.75 Å². The Morgan fingerprint density at radius 1 is 1.19 bits per heavy atom. The molecule has 0 fully saturated rings. The fourth-order valence-corrected chi connectivity index (χ4v) is 3.17. The van der Waals surface area contributed by atoms with E-state index in [0.29, 0.717) is 5.56 Å². The molecule has 2 aromatic carbocycles. The van der Waals surface area contributed by atoms with Crippen molar-refractivity contribution in [3.63, 3.8) is 0 Å². The van der Waals surface area contributed by atoms with Crippen molar-refractivity contribution in [1.82, 2.24) is 4.98 Å². The van der Waals surface area contributed by atoms with Gasteiger partial charge in [0, 0.05) is 22.2 Å². The number of para-hydroxylation sites is 1. The number of methoxy groups -OCH3 is 1. The quantitative estimate of drug-likeness (QED) is 0.728. The highest BCUT2D eigenvalue weighted by atomic mass is 32.2. The zero-order chi connectivity index (χ0) is 14.7. The van der Waals surface area contributed by atoms with Crippen LogP contribution in [0, 0.1) is 11.3 Å². The fourth-order valence-electron chi connectivity index (χ4n) is 2.24. The molecular weight excluding hydrogens is 280 g/mol. The summed E-state index contributed by atoms with van der Waals surface area (Å²) < 4.78 is 5.36. The van der Waals surface area contributed by atoms with Gasteiger partial charge in [-0.1, -0.05) is 18.2 Å². The van der Waals surface area contributed by atoms with Crippen molar-refractivity contribution in [3.8, 4) is 11.8 Å². The lowest BCUT2D eigenvalue weighted by atomic mass is 10.1. The van der Waals surface area contributed by atoms with Crippen molar-refractivity contribution in [1.29, 1.82) is 5.26 Å². The first-order chi connectivity index (χ1) is 10.3. The molecule has 0 unspecified atom stereocenters. The number of rotatable bonds is 4. The Labute approximate surface area is 127 Å².